The number of anilines is 1. The predicted molar refractivity (Wildman–Crippen MR) is 163 cm³/mol. The Labute approximate surface area is 245 Å². The number of nitrogens with zero attached hydrogens (tertiary/aromatic N) is 2. The number of fused-ring (bicyclic) bond motifs is 2. The molecule has 2 aliphatic heterocycles. The fourth-order valence-corrected chi connectivity index (χ4v) is 6.53. The molecule has 0 aliphatic carbocycles. The summed E-state index contributed by atoms with van der Waals surface area (Å²) in [6.45, 7) is 7.23. The molecule has 3 heterocycles. The number of rotatable bonds is 6. The SMILES string of the molecule is Cc1cccc(Cl)c1CN1CCc2cc(-c3c(N)nc(C)c(CC(=O)O)c3-c3ccc4c(c3)CCCO4)ccc2C1. The Morgan fingerprint density at radius 3 is 2.59 bits per heavy atom. The largest absolute Gasteiger partial charge is 0.493 e. The Bertz CT molecular complexity index is 1650. The van der Waals surface area contributed by atoms with Crippen molar-refractivity contribution in [3.05, 3.63) is 98.7 Å². The van der Waals surface area contributed by atoms with E-state index in [2.05, 4.69) is 47.1 Å². The van der Waals surface area contributed by atoms with Gasteiger partial charge in [0, 0.05) is 35.9 Å². The first-order valence-electron chi connectivity index (χ1n) is 14.1. The summed E-state index contributed by atoms with van der Waals surface area (Å²) >= 11 is 6.52. The molecule has 1 aromatic heterocycles. The molecule has 2 aliphatic rings. The minimum absolute atomic E-state index is 0.129. The first-order valence-corrected chi connectivity index (χ1v) is 14.5. The topological polar surface area (TPSA) is 88.7 Å². The molecule has 0 fully saturated rings. The Morgan fingerprint density at radius 2 is 1.78 bits per heavy atom. The fraction of sp³-hybridized carbons (Fsp3) is 0.294. The van der Waals surface area contributed by atoms with Crippen LogP contribution in [-0.2, 0) is 37.1 Å². The van der Waals surface area contributed by atoms with Gasteiger partial charge in [0.05, 0.1) is 13.0 Å². The van der Waals surface area contributed by atoms with Crippen molar-refractivity contribution >= 4 is 23.4 Å². The summed E-state index contributed by atoms with van der Waals surface area (Å²) in [5, 5.41) is 10.6. The van der Waals surface area contributed by atoms with E-state index in [4.69, 9.17) is 22.1 Å². The number of aromatic nitrogens is 1. The first kappa shape index (κ1) is 27.3. The third-order valence-electron chi connectivity index (χ3n) is 8.38. The maximum Gasteiger partial charge on any atom is 0.307 e. The lowest BCUT2D eigenvalue weighted by Gasteiger charge is -2.30. The van der Waals surface area contributed by atoms with Crippen LogP contribution in [0.2, 0.25) is 5.02 Å². The lowest BCUT2D eigenvalue weighted by Crippen LogP contribution is -2.30. The predicted octanol–water partition coefficient (Wildman–Crippen LogP) is 6.78. The molecular weight excluding hydrogens is 534 g/mol. The van der Waals surface area contributed by atoms with Crippen LogP contribution >= 0.6 is 11.6 Å². The molecule has 0 spiro atoms. The Morgan fingerprint density at radius 1 is 1.00 bits per heavy atom. The summed E-state index contributed by atoms with van der Waals surface area (Å²) in [7, 11) is 0. The monoisotopic (exact) mass is 567 g/mol. The molecule has 0 bridgehead atoms. The Balaban J connectivity index is 1.40. The number of carboxylic acid groups (broad SMARTS) is 1. The van der Waals surface area contributed by atoms with Gasteiger partial charge in [0.25, 0.3) is 0 Å². The Hall–Kier alpha value is -3.87. The van der Waals surface area contributed by atoms with Crippen LogP contribution in [0.3, 0.4) is 0 Å². The molecule has 3 aromatic carbocycles. The van der Waals surface area contributed by atoms with E-state index in [0.717, 1.165) is 77.5 Å². The molecule has 7 heteroatoms. The fourth-order valence-electron chi connectivity index (χ4n) is 6.25. The van der Waals surface area contributed by atoms with Crippen molar-refractivity contribution in [1.82, 2.24) is 9.88 Å². The molecule has 0 saturated carbocycles. The highest BCUT2D eigenvalue weighted by Crippen LogP contribution is 2.42. The quantitative estimate of drug-likeness (QED) is 0.267. The van der Waals surface area contributed by atoms with Crippen LogP contribution in [0.15, 0.2) is 54.6 Å². The molecule has 4 aromatic rings. The number of pyridine rings is 1. The van der Waals surface area contributed by atoms with Crippen LogP contribution in [0.5, 0.6) is 5.75 Å². The van der Waals surface area contributed by atoms with Gasteiger partial charge in [-0.3, -0.25) is 9.69 Å². The lowest BCUT2D eigenvalue weighted by atomic mass is 9.86. The second-order valence-corrected chi connectivity index (χ2v) is 11.5. The molecular formula is C34H34ClN3O3. The Kier molecular flexibility index (Phi) is 7.45. The van der Waals surface area contributed by atoms with Gasteiger partial charge in [0.15, 0.2) is 0 Å². The second-order valence-electron chi connectivity index (χ2n) is 11.1. The van der Waals surface area contributed by atoms with E-state index in [9.17, 15) is 9.90 Å². The van der Waals surface area contributed by atoms with E-state index >= 15 is 0 Å². The van der Waals surface area contributed by atoms with Gasteiger partial charge in [-0.1, -0.05) is 48.0 Å². The normalized spacial score (nSPS) is 14.7. The first-order chi connectivity index (χ1) is 19.8. The molecule has 210 valence electrons. The van der Waals surface area contributed by atoms with Gasteiger partial charge >= 0.3 is 5.97 Å². The molecule has 0 amide bonds. The smallest absolute Gasteiger partial charge is 0.307 e. The van der Waals surface area contributed by atoms with Crippen molar-refractivity contribution < 1.29 is 14.6 Å². The average molecular weight is 568 g/mol. The standard InChI is InChI=1S/C34H34ClN3O3/c1-20-5-3-7-29(35)28(20)19-38-13-12-22-15-25(8-9-26(22)18-38)33-32(27(17-31(39)40)21(2)37-34(33)36)24-10-11-30-23(16-24)6-4-14-41-30/h3,5,7-11,15-16H,4,6,12-14,17-19H2,1-2H3,(H2,36,37)(H,39,40). The number of benzene rings is 3. The minimum atomic E-state index is -0.896. The van der Waals surface area contributed by atoms with E-state index < -0.39 is 5.97 Å². The number of nitrogen functional groups attached to an aromatic ring is 1. The van der Waals surface area contributed by atoms with Crippen LogP contribution < -0.4 is 10.5 Å². The van der Waals surface area contributed by atoms with Gasteiger partial charge in [-0.05, 0) is 101 Å². The van der Waals surface area contributed by atoms with Crippen molar-refractivity contribution in [2.75, 3.05) is 18.9 Å². The number of carbonyl (C=O) groups is 1. The number of ether oxygens (including phenoxy) is 1. The average Bonchev–Trinajstić information content (AvgIpc) is 2.95. The maximum absolute atomic E-state index is 12.0. The summed E-state index contributed by atoms with van der Waals surface area (Å²) in [5.74, 6) is 0.407. The van der Waals surface area contributed by atoms with Gasteiger partial charge in [-0.15, -0.1) is 0 Å². The summed E-state index contributed by atoms with van der Waals surface area (Å²) < 4.78 is 5.85. The van der Waals surface area contributed by atoms with E-state index in [1.54, 1.807) is 0 Å². The second kappa shape index (κ2) is 11.2. The molecule has 6 nitrogen and oxygen atoms in total. The molecule has 41 heavy (non-hydrogen) atoms. The molecule has 0 saturated heterocycles. The number of carboxylic acids is 1. The van der Waals surface area contributed by atoms with Gasteiger partial charge in [0.2, 0.25) is 0 Å². The molecule has 3 N–H and O–H groups in total. The van der Waals surface area contributed by atoms with Crippen LogP contribution in [0.4, 0.5) is 5.82 Å². The number of halogens is 1. The van der Waals surface area contributed by atoms with E-state index in [1.165, 1.54) is 22.3 Å². The van der Waals surface area contributed by atoms with E-state index in [1.807, 2.05) is 31.2 Å². The number of nitrogens with two attached hydrogens (primary N) is 1. The maximum atomic E-state index is 12.0. The summed E-state index contributed by atoms with van der Waals surface area (Å²) in [5.41, 5.74) is 17.6. The van der Waals surface area contributed by atoms with Crippen LogP contribution in [0.25, 0.3) is 22.3 Å². The van der Waals surface area contributed by atoms with Gasteiger partial charge < -0.3 is 15.6 Å². The van der Waals surface area contributed by atoms with E-state index in [0.29, 0.717) is 23.7 Å². The highest BCUT2D eigenvalue weighted by molar-refractivity contribution is 6.31. The molecule has 0 unspecified atom stereocenters. The van der Waals surface area contributed by atoms with Gasteiger partial charge in [0.1, 0.15) is 11.6 Å². The summed E-state index contributed by atoms with van der Waals surface area (Å²) in [6, 6.07) is 18.7. The number of aliphatic carboxylic acids is 1. The number of hydrogen-bond donors (Lipinski definition) is 2. The molecule has 0 atom stereocenters. The summed E-state index contributed by atoms with van der Waals surface area (Å²) in [4.78, 5) is 19.0. The van der Waals surface area contributed by atoms with Crippen LogP contribution in [0.1, 0.15) is 45.5 Å². The number of aryl methyl sites for hydroxylation is 3. The summed E-state index contributed by atoms with van der Waals surface area (Å²) in [6.07, 6.45) is 2.66. The van der Waals surface area contributed by atoms with Crippen molar-refractivity contribution in [3.8, 4) is 28.0 Å². The lowest BCUT2D eigenvalue weighted by molar-refractivity contribution is -0.136. The van der Waals surface area contributed by atoms with Crippen molar-refractivity contribution in [1.29, 1.82) is 0 Å². The zero-order valence-electron chi connectivity index (χ0n) is 23.5. The van der Waals surface area contributed by atoms with Gasteiger partial charge in [-0.2, -0.15) is 0 Å². The molecule has 6 rings (SSSR count). The highest BCUT2D eigenvalue weighted by atomic mass is 35.5. The minimum Gasteiger partial charge on any atom is -0.493 e. The third-order valence-corrected chi connectivity index (χ3v) is 8.73. The van der Waals surface area contributed by atoms with Crippen molar-refractivity contribution in [2.45, 2.75) is 52.6 Å². The van der Waals surface area contributed by atoms with Gasteiger partial charge in [-0.25, -0.2) is 4.98 Å². The molecule has 0 radical (unpaired) electrons. The number of hydrogen-bond acceptors (Lipinski definition) is 5. The third kappa shape index (κ3) is 5.42. The highest BCUT2D eigenvalue weighted by Gasteiger charge is 2.25. The van der Waals surface area contributed by atoms with Crippen LogP contribution in [-0.4, -0.2) is 34.1 Å². The zero-order valence-corrected chi connectivity index (χ0v) is 24.2. The van der Waals surface area contributed by atoms with Crippen LogP contribution in [0, 0.1) is 13.8 Å². The van der Waals surface area contributed by atoms with Crippen molar-refractivity contribution in [3.63, 3.8) is 0 Å². The van der Waals surface area contributed by atoms with Crippen molar-refractivity contribution in [2.24, 2.45) is 0 Å². The zero-order chi connectivity index (χ0) is 28.7. The van der Waals surface area contributed by atoms with E-state index in [-0.39, 0.29) is 6.42 Å².